The molecule has 4 nitrogen and oxygen atoms in total. The Hall–Kier alpha value is -1.16. The fourth-order valence-electron chi connectivity index (χ4n) is 1.96. The molecule has 4 heteroatoms. The minimum atomic E-state index is 0.455. The first-order valence-electron chi connectivity index (χ1n) is 6.87. The Labute approximate surface area is 111 Å². The van der Waals surface area contributed by atoms with Gasteiger partial charge in [0.1, 0.15) is 5.84 Å². The standard InChI is InChI=1S/C14H26N4/c1-4-5-9-16-14-12-13(7-10-17-14)18(3)11-6-8-15-2/h7,10,13H,2,4-6,8-9,11-12H2,1,3H3,(H,16,17). The minimum absolute atomic E-state index is 0.455. The van der Waals surface area contributed by atoms with Gasteiger partial charge in [-0.05, 0) is 32.8 Å². The van der Waals surface area contributed by atoms with Crippen molar-refractivity contribution < 1.29 is 0 Å². The predicted octanol–water partition coefficient (Wildman–Crippen LogP) is 2.08. The second-order valence-corrected chi connectivity index (χ2v) is 4.74. The molecule has 0 aromatic heterocycles. The lowest BCUT2D eigenvalue weighted by Crippen LogP contribution is -2.39. The SMILES string of the molecule is C=NCCCN(C)C1C=CNC(=NCCCC)C1. The summed E-state index contributed by atoms with van der Waals surface area (Å²) in [6.07, 6.45) is 8.64. The highest BCUT2D eigenvalue weighted by atomic mass is 15.1. The summed E-state index contributed by atoms with van der Waals surface area (Å²) in [6, 6.07) is 0.455. The lowest BCUT2D eigenvalue weighted by molar-refractivity contribution is 0.281. The highest BCUT2D eigenvalue weighted by Crippen LogP contribution is 2.09. The summed E-state index contributed by atoms with van der Waals surface area (Å²) in [7, 11) is 2.16. The molecule has 1 atom stereocenters. The van der Waals surface area contributed by atoms with Gasteiger partial charge in [0.15, 0.2) is 0 Å². The third-order valence-corrected chi connectivity index (χ3v) is 3.18. The Kier molecular flexibility index (Phi) is 7.34. The van der Waals surface area contributed by atoms with Crippen molar-refractivity contribution in [2.75, 3.05) is 26.7 Å². The van der Waals surface area contributed by atoms with E-state index in [1.54, 1.807) is 0 Å². The molecule has 102 valence electrons. The number of unbranched alkanes of at least 4 members (excludes halogenated alkanes) is 1. The van der Waals surface area contributed by atoms with Crippen LogP contribution in [0, 0.1) is 0 Å². The second-order valence-electron chi connectivity index (χ2n) is 4.74. The molecule has 0 radical (unpaired) electrons. The molecular weight excluding hydrogens is 224 g/mol. The van der Waals surface area contributed by atoms with Crippen LogP contribution >= 0.6 is 0 Å². The van der Waals surface area contributed by atoms with Crippen LogP contribution in [0.3, 0.4) is 0 Å². The van der Waals surface area contributed by atoms with E-state index >= 15 is 0 Å². The second kappa shape index (κ2) is 8.86. The molecule has 0 aliphatic carbocycles. The Morgan fingerprint density at radius 3 is 3.00 bits per heavy atom. The summed E-state index contributed by atoms with van der Waals surface area (Å²) in [5.41, 5.74) is 0. The summed E-state index contributed by atoms with van der Waals surface area (Å²) >= 11 is 0. The average Bonchev–Trinajstić information content (AvgIpc) is 2.39. The lowest BCUT2D eigenvalue weighted by atomic mass is 10.1. The molecule has 0 bridgehead atoms. The largest absolute Gasteiger partial charge is 0.351 e. The summed E-state index contributed by atoms with van der Waals surface area (Å²) in [5, 5.41) is 3.24. The van der Waals surface area contributed by atoms with Gasteiger partial charge < -0.3 is 10.3 Å². The number of nitrogens with one attached hydrogen (secondary N) is 1. The molecule has 1 unspecified atom stereocenters. The Morgan fingerprint density at radius 2 is 2.28 bits per heavy atom. The van der Waals surface area contributed by atoms with Crippen LogP contribution < -0.4 is 5.32 Å². The summed E-state index contributed by atoms with van der Waals surface area (Å²) in [4.78, 5) is 10.8. The number of likely N-dealkylation sites (N-methyl/N-ethyl adjacent to an activating group) is 1. The van der Waals surface area contributed by atoms with Gasteiger partial charge in [0.25, 0.3) is 0 Å². The quantitative estimate of drug-likeness (QED) is 0.529. The fraction of sp³-hybridized carbons (Fsp3) is 0.714. The van der Waals surface area contributed by atoms with E-state index in [-0.39, 0.29) is 0 Å². The molecule has 1 aliphatic heterocycles. The molecule has 0 fully saturated rings. The first kappa shape index (κ1) is 14.9. The Bertz CT molecular complexity index is 296. The van der Waals surface area contributed by atoms with Crippen LogP contribution in [0.5, 0.6) is 0 Å². The van der Waals surface area contributed by atoms with Crippen molar-refractivity contribution in [2.45, 2.75) is 38.6 Å². The Morgan fingerprint density at radius 1 is 1.44 bits per heavy atom. The number of nitrogens with zero attached hydrogens (tertiary/aromatic N) is 3. The van der Waals surface area contributed by atoms with Gasteiger partial charge in [0.05, 0.1) is 0 Å². The maximum Gasteiger partial charge on any atom is 0.102 e. The van der Waals surface area contributed by atoms with Gasteiger partial charge in [-0.1, -0.05) is 19.4 Å². The van der Waals surface area contributed by atoms with E-state index in [2.05, 4.69) is 47.0 Å². The molecule has 0 saturated carbocycles. The predicted molar refractivity (Wildman–Crippen MR) is 79.6 cm³/mol. The number of amidine groups is 1. The number of hydrogen-bond acceptors (Lipinski definition) is 3. The van der Waals surface area contributed by atoms with Gasteiger partial charge >= 0.3 is 0 Å². The van der Waals surface area contributed by atoms with E-state index in [0.29, 0.717) is 6.04 Å². The van der Waals surface area contributed by atoms with Gasteiger partial charge in [-0.25, -0.2) is 0 Å². The fourth-order valence-corrected chi connectivity index (χ4v) is 1.96. The third kappa shape index (κ3) is 5.45. The van der Waals surface area contributed by atoms with Crippen molar-refractivity contribution in [1.82, 2.24) is 10.2 Å². The molecule has 1 aliphatic rings. The zero-order valence-corrected chi connectivity index (χ0v) is 11.7. The van der Waals surface area contributed by atoms with Crippen molar-refractivity contribution in [1.29, 1.82) is 0 Å². The average molecular weight is 250 g/mol. The van der Waals surface area contributed by atoms with Crippen LogP contribution in [-0.2, 0) is 0 Å². The Balaban J connectivity index is 2.38. The van der Waals surface area contributed by atoms with E-state index in [9.17, 15) is 0 Å². The van der Waals surface area contributed by atoms with Crippen molar-refractivity contribution in [3.8, 4) is 0 Å². The maximum absolute atomic E-state index is 4.60. The zero-order chi connectivity index (χ0) is 13.2. The number of hydrogen-bond donors (Lipinski definition) is 1. The van der Waals surface area contributed by atoms with Crippen molar-refractivity contribution in [3.05, 3.63) is 12.3 Å². The zero-order valence-electron chi connectivity index (χ0n) is 11.7. The van der Waals surface area contributed by atoms with Crippen molar-refractivity contribution in [3.63, 3.8) is 0 Å². The van der Waals surface area contributed by atoms with Crippen LogP contribution in [0.4, 0.5) is 0 Å². The highest BCUT2D eigenvalue weighted by Gasteiger charge is 2.16. The molecule has 1 N–H and O–H groups in total. The van der Waals surface area contributed by atoms with E-state index in [4.69, 9.17) is 0 Å². The molecule has 0 spiro atoms. The molecule has 0 amide bonds. The van der Waals surface area contributed by atoms with Crippen molar-refractivity contribution >= 4 is 12.6 Å². The summed E-state index contributed by atoms with van der Waals surface area (Å²) < 4.78 is 0. The molecular formula is C14H26N4. The topological polar surface area (TPSA) is 40.0 Å². The smallest absolute Gasteiger partial charge is 0.102 e. The molecule has 0 saturated heterocycles. The van der Waals surface area contributed by atoms with Gasteiger partial charge in [-0.15, -0.1) is 0 Å². The van der Waals surface area contributed by atoms with Crippen LogP contribution in [-0.4, -0.2) is 50.2 Å². The highest BCUT2D eigenvalue weighted by molar-refractivity contribution is 5.84. The van der Waals surface area contributed by atoms with Crippen LogP contribution in [0.1, 0.15) is 32.6 Å². The van der Waals surface area contributed by atoms with Crippen molar-refractivity contribution in [2.24, 2.45) is 9.98 Å². The van der Waals surface area contributed by atoms with E-state index in [1.165, 1.54) is 12.8 Å². The molecule has 0 aromatic rings. The van der Waals surface area contributed by atoms with E-state index in [0.717, 1.165) is 38.3 Å². The van der Waals surface area contributed by atoms with Gasteiger partial charge in [-0.3, -0.25) is 9.89 Å². The third-order valence-electron chi connectivity index (χ3n) is 3.18. The van der Waals surface area contributed by atoms with Gasteiger partial charge in [-0.2, -0.15) is 0 Å². The van der Waals surface area contributed by atoms with Crippen LogP contribution in [0.15, 0.2) is 22.3 Å². The minimum Gasteiger partial charge on any atom is -0.351 e. The lowest BCUT2D eigenvalue weighted by Gasteiger charge is -2.28. The molecule has 1 rings (SSSR count). The number of rotatable bonds is 8. The summed E-state index contributed by atoms with van der Waals surface area (Å²) in [5.74, 6) is 1.12. The number of aliphatic imine (C=N–C) groups is 2. The first-order valence-corrected chi connectivity index (χ1v) is 6.87. The van der Waals surface area contributed by atoms with Crippen LogP contribution in [0.25, 0.3) is 0 Å². The van der Waals surface area contributed by atoms with Gasteiger partial charge in [0, 0.05) is 32.1 Å². The van der Waals surface area contributed by atoms with E-state index < -0.39 is 0 Å². The molecule has 0 aromatic carbocycles. The summed E-state index contributed by atoms with van der Waals surface area (Å²) in [6.45, 7) is 8.53. The van der Waals surface area contributed by atoms with Crippen LogP contribution in [0.2, 0.25) is 0 Å². The van der Waals surface area contributed by atoms with E-state index in [1.807, 2.05) is 6.20 Å². The monoisotopic (exact) mass is 250 g/mol. The first-order chi connectivity index (χ1) is 8.77. The molecule has 18 heavy (non-hydrogen) atoms. The normalized spacial score (nSPS) is 21.3. The molecule has 1 heterocycles. The maximum atomic E-state index is 4.60. The van der Waals surface area contributed by atoms with Gasteiger partial charge in [0.2, 0.25) is 0 Å².